The number of hydrogen-bond donors (Lipinski definition) is 1. The molecule has 0 amide bonds. The van der Waals surface area contributed by atoms with Gasteiger partial charge < -0.3 is 0 Å². The van der Waals surface area contributed by atoms with E-state index in [0.29, 0.717) is 0 Å². The van der Waals surface area contributed by atoms with E-state index in [4.69, 9.17) is 0 Å². The maximum atomic E-state index is 4.28. The predicted octanol–water partition coefficient (Wildman–Crippen LogP) is 3.52. The molecule has 0 spiro atoms. The lowest BCUT2D eigenvalue weighted by atomic mass is 9.99. The maximum Gasteiger partial charge on any atom is -0.00953 e. The fourth-order valence-corrected chi connectivity index (χ4v) is 2.66. The minimum Gasteiger partial charge on any atom is -0.179 e. The summed E-state index contributed by atoms with van der Waals surface area (Å²) in [6, 6.07) is 0. The summed E-state index contributed by atoms with van der Waals surface area (Å²) >= 11 is 4.28. The van der Waals surface area contributed by atoms with Gasteiger partial charge in [0.25, 0.3) is 0 Å². The smallest absolute Gasteiger partial charge is 0.00953 e. The Morgan fingerprint density at radius 1 is 1.18 bits per heavy atom. The fraction of sp³-hybridized carbons (Fsp3) is 1.00. The molecule has 2 unspecified atom stereocenters. The summed E-state index contributed by atoms with van der Waals surface area (Å²) in [6.07, 6.45) is 8.65. The average Bonchev–Trinajstić information content (AvgIpc) is 2.38. The molecule has 0 heterocycles. The lowest BCUT2D eigenvalue weighted by molar-refractivity contribution is 0.455. The summed E-state index contributed by atoms with van der Waals surface area (Å²) in [5, 5.41) is 0. The Morgan fingerprint density at radius 2 is 1.82 bits per heavy atom. The van der Waals surface area contributed by atoms with E-state index in [1.54, 1.807) is 0 Å². The van der Waals surface area contributed by atoms with Crippen LogP contribution in [0.15, 0.2) is 0 Å². The zero-order valence-corrected chi connectivity index (χ0v) is 8.45. The minimum atomic E-state index is 1.02. The largest absolute Gasteiger partial charge is 0.179 e. The minimum absolute atomic E-state index is 1.02. The van der Waals surface area contributed by atoms with E-state index in [1.165, 1.54) is 38.5 Å². The molecule has 0 aromatic rings. The highest BCUT2D eigenvalue weighted by molar-refractivity contribution is 7.80. The average molecular weight is 172 g/mol. The van der Waals surface area contributed by atoms with Gasteiger partial charge in [0.2, 0.25) is 0 Å². The molecule has 66 valence electrons. The molecular formula is C10H20S. The fourth-order valence-electron chi connectivity index (χ4n) is 2.29. The second kappa shape index (κ2) is 5.08. The van der Waals surface area contributed by atoms with Gasteiger partial charge in [-0.3, -0.25) is 0 Å². The third kappa shape index (κ3) is 3.06. The van der Waals surface area contributed by atoms with Crippen molar-refractivity contribution in [1.29, 1.82) is 0 Å². The predicted molar refractivity (Wildman–Crippen MR) is 54.2 cm³/mol. The van der Waals surface area contributed by atoms with Crippen LogP contribution in [-0.2, 0) is 0 Å². The highest BCUT2D eigenvalue weighted by Crippen LogP contribution is 2.35. The second-order valence-electron chi connectivity index (χ2n) is 3.85. The van der Waals surface area contributed by atoms with Gasteiger partial charge in [-0.25, -0.2) is 0 Å². The van der Waals surface area contributed by atoms with Crippen LogP contribution in [0.5, 0.6) is 0 Å². The molecule has 0 aromatic carbocycles. The number of hydrogen-bond acceptors (Lipinski definition) is 1. The molecule has 0 N–H and O–H groups in total. The Bertz CT molecular complexity index is 89.0. The zero-order chi connectivity index (χ0) is 8.10. The molecule has 1 aliphatic carbocycles. The topological polar surface area (TPSA) is 0 Å². The summed E-state index contributed by atoms with van der Waals surface area (Å²) < 4.78 is 0. The van der Waals surface area contributed by atoms with Crippen LogP contribution in [0, 0.1) is 11.8 Å². The third-order valence-corrected chi connectivity index (χ3v) is 3.14. The van der Waals surface area contributed by atoms with Gasteiger partial charge in [0, 0.05) is 0 Å². The molecule has 2 atom stereocenters. The molecule has 1 heteroatoms. The molecule has 0 bridgehead atoms. The Kier molecular flexibility index (Phi) is 4.36. The third-order valence-electron chi connectivity index (χ3n) is 2.88. The van der Waals surface area contributed by atoms with Crippen molar-refractivity contribution in [3.63, 3.8) is 0 Å². The van der Waals surface area contributed by atoms with Gasteiger partial charge in [-0.15, -0.1) is 0 Å². The molecule has 0 radical (unpaired) electrons. The van der Waals surface area contributed by atoms with E-state index < -0.39 is 0 Å². The molecule has 1 aliphatic rings. The Hall–Kier alpha value is 0.350. The van der Waals surface area contributed by atoms with Gasteiger partial charge in [0.15, 0.2) is 0 Å². The monoisotopic (exact) mass is 172 g/mol. The molecule has 0 aliphatic heterocycles. The molecular weight excluding hydrogens is 152 g/mol. The first-order valence-corrected chi connectivity index (χ1v) is 5.61. The van der Waals surface area contributed by atoms with Crippen molar-refractivity contribution >= 4 is 12.6 Å². The Morgan fingerprint density at radius 3 is 2.36 bits per heavy atom. The molecule has 1 saturated carbocycles. The lowest BCUT2D eigenvalue weighted by Gasteiger charge is -2.08. The summed E-state index contributed by atoms with van der Waals surface area (Å²) in [5.41, 5.74) is 0. The molecule has 0 nitrogen and oxygen atoms in total. The highest BCUT2D eigenvalue weighted by Gasteiger charge is 2.22. The summed E-state index contributed by atoms with van der Waals surface area (Å²) in [4.78, 5) is 0. The van der Waals surface area contributed by atoms with E-state index in [2.05, 4.69) is 19.6 Å². The van der Waals surface area contributed by atoms with Crippen LogP contribution in [0.4, 0.5) is 0 Å². The second-order valence-corrected chi connectivity index (χ2v) is 4.29. The van der Waals surface area contributed by atoms with Crippen molar-refractivity contribution in [1.82, 2.24) is 0 Å². The highest BCUT2D eigenvalue weighted by atomic mass is 32.1. The van der Waals surface area contributed by atoms with Gasteiger partial charge in [-0.05, 0) is 30.4 Å². The molecule has 1 rings (SSSR count). The van der Waals surface area contributed by atoms with Crippen LogP contribution in [-0.4, -0.2) is 5.75 Å². The Labute approximate surface area is 76.2 Å². The van der Waals surface area contributed by atoms with E-state index >= 15 is 0 Å². The maximum absolute atomic E-state index is 4.28. The first-order valence-electron chi connectivity index (χ1n) is 4.97. The van der Waals surface area contributed by atoms with E-state index in [9.17, 15) is 0 Å². The van der Waals surface area contributed by atoms with E-state index in [0.717, 1.165) is 17.6 Å². The molecule has 1 fully saturated rings. The van der Waals surface area contributed by atoms with Crippen LogP contribution in [0.2, 0.25) is 0 Å². The molecule has 0 saturated heterocycles. The van der Waals surface area contributed by atoms with Crippen molar-refractivity contribution in [3.05, 3.63) is 0 Å². The van der Waals surface area contributed by atoms with Crippen LogP contribution in [0.25, 0.3) is 0 Å². The van der Waals surface area contributed by atoms with Gasteiger partial charge in [0.05, 0.1) is 0 Å². The lowest BCUT2D eigenvalue weighted by Crippen LogP contribution is -1.96. The molecule has 0 aromatic heterocycles. The van der Waals surface area contributed by atoms with Crippen molar-refractivity contribution in [3.8, 4) is 0 Å². The first-order chi connectivity index (χ1) is 5.36. The first kappa shape index (κ1) is 9.44. The summed E-state index contributed by atoms with van der Waals surface area (Å²) in [6.45, 7) is 2.30. The Balaban J connectivity index is 2.12. The van der Waals surface area contributed by atoms with Crippen molar-refractivity contribution < 1.29 is 0 Å². The zero-order valence-electron chi connectivity index (χ0n) is 7.55. The van der Waals surface area contributed by atoms with E-state index in [-0.39, 0.29) is 0 Å². The van der Waals surface area contributed by atoms with Crippen molar-refractivity contribution in [2.45, 2.75) is 45.4 Å². The van der Waals surface area contributed by atoms with Gasteiger partial charge in [-0.1, -0.05) is 32.6 Å². The van der Waals surface area contributed by atoms with Gasteiger partial charge >= 0.3 is 0 Å². The van der Waals surface area contributed by atoms with Crippen LogP contribution >= 0.6 is 12.6 Å². The number of rotatable bonds is 4. The summed E-state index contributed by atoms with van der Waals surface area (Å²) in [7, 11) is 0. The SMILES string of the molecule is CCCC1CCC(CCS)C1. The van der Waals surface area contributed by atoms with Crippen LogP contribution in [0.1, 0.15) is 45.4 Å². The van der Waals surface area contributed by atoms with Crippen LogP contribution < -0.4 is 0 Å². The van der Waals surface area contributed by atoms with Crippen LogP contribution in [0.3, 0.4) is 0 Å². The standard InChI is InChI=1S/C10H20S/c1-2-3-9-4-5-10(8-9)6-7-11/h9-11H,2-8H2,1H3. The van der Waals surface area contributed by atoms with Gasteiger partial charge in [-0.2, -0.15) is 12.6 Å². The quantitative estimate of drug-likeness (QED) is 0.616. The van der Waals surface area contributed by atoms with Gasteiger partial charge in [0.1, 0.15) is 0 Å². The number of thiol groups is 1. The van der Waals surface area contributed by atoms with Crippen molar-refractivity contribution in [2.75, 3.05) is 5.75 Å². The van der Waals surface area contributed by atoms with E-state index in [1.807, 2.05) is 0 Å². The summed E-state index contributed by atoms with van der Waals surface area (Å²) in [5.74, 6) is 3.16. The van der Waals surface area contributed by atoms with Crippen molar-refractivity contribution in [2.24, 2.45) is 11.8 Å². The normalized spacial score (nSPS) is 31.1. The molecule has 11 heavy (non-hydrogen) atoms.